The summed E-state index contributed by atoms with van der Waals surface area (Å²) in [5, 5.41) is 16.3. The van der Waals surface area contributed by atoms with Crippen molar-refractivity contribution >= 4 is 28.2 Å². The molecule has 4 fully saturated rings. The molecule has 0 bridgehead atoms. The average molecular weight is 681 g/mol. The number of piperidine rings is 2. The van der Waals surface area contributed by atoms with Gasteiger partial charge in [-0.15, -0.1) is 0 Å². The first-order valence-corrected chi connectivity index (χ1v) is 18.9. The Kier molecular flexibility index (Phi) is 8.88. The summed E-state index contributed by atoms with van der Waals surface area (Å²) in [5.74, 6) is 2.32. The summed E-state index contributed by atoms with van der Waals surface area (Å²) in [6.07, 6.45) is 9.98. The predicted octanol–water partition coefficient (Wildman–Crippen LogP) is 5.75. The van der Waals surface area contributed by atoms with Crippen LogP contribution in [0.2, 0.25) is 0 Å². The quantitative estimate of drug-likeness (QED) is 0.257. The molecule has 0 radical (unpaired) electrons. The number of carbonyl (C=O) groups excluding carboxylic acids is 2. The van der Waals surface area contributed by atoms with Gasteiger partial charge in [-0.25, -0.2) is 4.52 Å². The smallest absolute Gasteiger partial charge is 0.255 e. The lowest BCUT2D eigenvalue weighted by Crippen LogP contribution is -2.48. The first-order chi connectivity index (χ1) is 24.2. The number of aromatic nitrogens is 3. The second-order valence-electron chi connectivity index (χ2n) is 15.8. The van der Waals surface area contributed by atoms with Crippen molar-refractivity contribution in [2.75, 3.05) is 33.3 Å². The third kappa shape index (κ3) is 6.19. The second-order valence-corrected chi connectivity index (χ2v) is 15.8. The maximum absolute atomic E-state index is 13.7. The molecule has 3 N–H and O–H groups in total. The summed E-state index contributed by atoms with van der Waals surface area (Å²) >= 11 is 0. The molecule has 2 saturated heterocycles. The highest BCUT2D eigenvalue weighted by Crippen LogP contribution is 2.42. The fourth-order valence-electron chi connectivity index (χ4n) is 9.17. The van der Waals surface area contributed by atoms with Crippen molar-refractivity contribution in [3.05, 3.63) is 53.2 Å². The van der Waals surface area contributed by atoms with Crippen LogP contribution in [-0.2, 0) is 11.3 Å². The van der Waals surface area contributed by atoms with E-state index in [0.717, 1.165) is 87.0 Å². The van der Waals surface area contributed by atoms with Gasteiger partial charge in [0.25, 0.3) is 5.91 Å². The summed E-state index contributed by atoms with van der Waals surface area (Å²) < 4.78 is 10.3. The topological polar surface area (TPSA) is 118 Å². The van der Waals surface area contributed by atoms with E-state index in [1.54, 1.807) is 7.11 Å². The number of ether oxygens (including phenoxy) is 1. The van der Waals surface area contributed by atoms with Crippen LogP contribution in [-0.4, -0.2) is 86.3 Å². The third-order valence-corrected chi connectivity index (χ3v) is 12.0. The van der Waals surface area contributed by atoms with E-state index in [4.69, 9.17) is 15.6 Å². The molecular weight excluding hydrogens is 628 g/mol. The zero-order valence-corrected chi connectivity index (χ0v) is 29.8. The Labute approximate surface area is 294 Å². The summed E-state index contributed by atoms with van der Waals surface area (Å²) in [7, 11) is 1.66. The molecule has 2 aliphatic carbocycles. The lowest BCUT2D eigenvalue weighted by atomic mass is 9.84. The number of nitrogens with zero attached hydrogens (tertiary/aromatic N) is 5. The first kappa shape index (κ1) is 33.3. The molecule has 266 valence electrons. The lowest BCUT2D eigenvalue weighted by Gasteiger charge is -2.36. The highest BCUT2D eigenvalue weighted by Gasteiger charge is 2.34. The van der Waals surface area contributed by atoms with Gasteiger partial charge in [0.2, 0.25) is 5.91 Å². The lowest BCUT2D eigenvalue weighted by molar-refractivity contribution is -0.138. The van der Waals surface area contributed by atoms with Crippen molar-refractivity contribution < 1.29 is 19.4 Å². The van der Waals surface area contributed by atoms with Gasteiger partial charge < -0.3 is 29.9 Å². The Morgan fingerprint density at radius 1 is 0.980 bits per heavy atom. The number of rotatable bonds is 7. The number of likely N-dealkylation sites (tertiary alicyclic amines) is 2. The normalized spacial score (nSPS) is 25.1. The van der Waals surface area contributed by atoms with Gasteiger partial charge in [-0.2, -0.15) is 5.10 Å². The van der Waals surface area contributed by atoms with Crippen molar-refractivity contribution in [2.24, 2.45) is 23.5 Å². The molecule has 2 saturated carbocycles. The first-order valence-electron chi connectivity index (χ1n) is 18.9. The summed E-state index contributed by atoms with van der Waals surface area (Å²) in [4.78, 5) is 31.1. The molecule has 0 unspecified atom stereocenters. The molecule has 5 heterocycles. The molecule has 4 aliphatic rings. The number of methoxy groups -OCH3 is 1. The van der Waals surface area contributed by atoms with Crippen LogP contribution in [0.4, 0.5) is 0 Å². The highest BCUT2D eigenvalue weighted by atomic mass is 16.5. The van der Waals surface area contributed by atoms with Crippen LogP contribution in [0.5, 0.6) is 5.75 Å². The van der Waals surface area contributed by atoms with E-state index in [2.05, 4.69) is 47.6 Å². The maximum Gasteiger partial charge on any atom is 0.255 e. The van der Waals surface area contributed by atoms with E-state index >= 15 is 0 Å². The Hall–Kier alpha value is -3.89. The number of hydrogen-bond donors (Lipinski definition) is 2. The number of aryl methyl sites for hydroxylation is 1. The number of benzene rings is 1. The van der Waals surface area contributed by atoms with Crippen LogP contribution in [0.3, 0.4) is 0 Å². The molecule has 2 amide bonds. The van der Waals surface area contributed by atoms with Crippen LogP contribution in [0.1, 0.15) is 92.1 Å². The minimum atomic E-state index is -0.247. The minimum Gasteiger partial charge on any atom is -0.494 e. The zero-order valence-electron chi connectivity index (χ0n) is 29.8. The molecular formula is C40H52N6O4. The van der Waals surface area contributed by atoms with E-state index < -0.39 is 0 Å². The minimum absolute atomic E-state index is 0.0161. The van der Waals surface area contributed by atoms with Crippen LogP contribution >= 0.6 is 0 Å². The number of carbonyl (C=O) groups is 2. The zero-order chi connectivity index (χ0) is 34.7. The Bertz CT molecular complexity index is 1900. The number of aliphatic hydroxyl groups is 1. The monoisotopic (exact) mass is 680 g/mol. The van der Waals surface area contributed by atoms with Gasteiger partial charge in [0.15, 0.2) is 0 Å². The molecule has 50 heavy (non-hydrogen) atoms. The fourth-order valence-corrected chi connectivity index (χ4v) is 9.17. The molecule has 0 spiro atoms. The van der Waals surface area contributed by atoms with Crippen LogP contribution in [0.25, 0.3) is 27.8 Å². The fraction of sp³-hybridized carbons (Fsp3) is 0.575. The Balaban J connectivity index is 1.12. The molecule has 10 nitrogen and oxygen atoms in total. The van der Waals surface area contributed by atoms with Crippen molar-refractivity contribution in [3.63, 3.8) is 0 Å². The van der Waals surface area contributed by atoms with Crippen molar-refractivity contribution in [3.8, 4) is 17.1 Å². The van der Waals surface area contributed by atoms with Crippen molar-refractivity contribution in [2.45, 2.75) is 96.2 Å². The summed E-state index contributed by atoms with van der Waals surface area (Å²) in [5.41, 5.74) is 13.4. The highest BCUT2D eigenvalue weighted by molar-refractivity contribution is 5.96. The van der Waals surface area contributed by atoms with Crippen LogP contribution in [0, 0.1) is 24.7 Å². The maximum atomic E-state index is 13.7. The summed E-state index contributed by atoms with van der Waals surface area (Å²) in [6.45, 7) is 8.01. The second kappa shape index (κ2) is 13.3. The van der Waals surface area contributed by atoms with Gasteiger partial charge in [0.1, 0.15) is 17.0 Å². The Morgan fingerprint density at radius 3 is 2.44 bits per heavy atom. The van der Waals surface area contributed by atoms with Gasteiger partial charge in [-0.1, -0.05) is 25.1 Å². The number of para-hydroxylation sites is 1. The number of aliphatic hydroxyl groups excluding tert-OH is 1. The Morgan fingerprint density at radius 2 is 1.74 bits per heavy atom. The van der Waals surface area contributed by atoms with E-state index in [1.165, 1.54) is 29.3 Å². The number of hydrogen-bond acceptors (Lipinski definition) is 6. The van der Waals surface area contributed by atoms with Crippen molar-refractivity contribution in [1.29, 1.82) is 0 Å². The number of amides is 2. The van der Waals surface area contributed by atoms with Gasteiger partial charge in [-0.05, 0) is 100 Å². The molecule has 3 aromatic heterocycles. The van der Waals surface area contributed by atoms with Crippen LogP contribution in [0.15, 0.2) is 36.5 Å². The predicted molar refractivity (Wildman–Crippen MR) is 194 cm³/mol. The molecule has 4 aromatic rings. The number of fused-ring (bicyclic) bond motifs is 2. The van der Waals surface area contributed by atoms with Gasteiger partial charge in [0, 0.05) is 61.8 Å². The SMILES string of the molecule is COc1cc(C(=O)N2C[C@H](C)C[C@@H](N)C2)cn2nc(-c3cc4cccc(C5CCN(C(=O)[C@H]6CC[C@H](O)CC6)CC5)c4n3CC3CC3)c(C)c12. The van der Waals surface area contributed by atoms with Gasteiger partial charge in [-0.3, -0.25) is 9.59 Å². The van der Waals surface area contributed by atoms with E-state index in [9.17, 15) is 14.7 Å². The van der Waals surface area contributed by atoms with Crippen molar-refractivity contribution in [1.82, 2.24) is 24.0 Å². The molecule has 1 aromatic carbocycles. The molecule has 8 rings (SSSR count). The third-order valence-electron chi connectivity index (χ3n) is 12.0. The molecule has 2 aliphatic heterocycles. The van der Waals surface area contributed by atoms with E-state index in [1.807, 2.05) is 21.7 Å². The number of nitrogens with two attached hydrogens (primary N) is 1. The molecule has 10 heteroatoms. The standard InChI is InChI=1S/C40H52N6O4/c1-24-17-31(41)23-44(20-24)40(49)30-19-35(50-3)37-25(2)36(42-46(37)22-30)34-18-29-5-4-6-33(38(29)45(34)21-26-7-8-26)27-13-15-43(16-14-27)39(48)28-9-11-32(47)12-10-28/h4-6,18-19,22,24,26-28,31-32,47H,7-17,20-21,23,41H2,1-3H3/t24-,28-,31-,32-/m1/s1. The number of pyridine rings is 1. The average Bonchev–Trinajstić information content (AvgIpc) is 3.78. The van der Waals surface area contributed by atoms with Crippen LogP contribution < -0.4 is 10.5 Å². The van der Waals surface area contributed by atoms with Gasteiger partial charge >= 0.3 is 0 Å². The van der Waals surface area contributed by atoms with E-state index in [0.29, 0.717) is 42.2 Å². The largest absolute Gasteiger partial charge is 0.494 e. The van der Waals surface area contributed by atoms with E-state index in [-0.39, 0.29) is 29.9 Å². The summed E-state index contributed by atoms with van der Waals surface area (Å²) in [6, 6.07) is 10.8. The van der Waals surface area contributed by atoms with Gasteiger partial charge in [0.05, 0.1) is 30.0 Å². The molecule has 2 atom stereocenters.